The number of amides is 2. The molecule has 26 heavy (non-hydrogen) atoms. The Bertz CT molecular complexity index is 771. The molecule has 0 saturated carbocycles. The van der Waals surface area contributed by atoms with Gasteiger partial charge in [0.1, 0.15) is 17.1 Å². The predicted octanol–water partition coefficient (Wildman–Crippen LogP) is 4.90. The zero-order valence-corrected chi connectivity index (χ0v) is 15.5. The Morgan fingerprint density at radius 2 is 1.96 bits per heavy atom. The van der Waals surface area contributed by atoms with Crippen LogP contribution < -0.4 is 20.1 Å². The maximum absolute atomic E-state index is 12.6. The van der Waals surface area contributed by atoms with E-state index in [1.807, 2.05) is 42.5 Å². The van der Waals surface area contributed by atoms with Gasteiger partial charge in [-0.2, -0.15) is 0 Å². The van der Waals surface area contributed by atoms with Gasteiger partial charge in [-0.25, -0.2) is 4.79 Å². The van der Waals surface area contributed by atoms with E-state index in [2.05, 4.69) is 24.5 Å². The molecule has 0 aliphatic carbocycles. The number of para-hydroxylation sites is 1. The molecule has 1 aliphatic rings. The fourth-order valence-corrected chi connectivity index (χ4v) is 3.46. The number of rotatable bonds is 5. The van der Waals surface area contributed by atoms with Gasteiger partial charge in [0.2, 0.25) is 0 Å². The first-order chi connectivity index (χ1) is 12.6. The molecule has 1 heterocycles. The number of carbonyl (C=O) groups excluding carboxylic acids is 1. The Hall–Kier alpha value is -2.69. The molecule has 0 aromatic heterocycles. The Morgan fingerprint density at radius 1 is 1.19 bits per heavy atom. The molecule has 138 valence electrons. The van der Waals surface area contributed by atoms with Gasteiger partial charge >= 0.3 is 6.03 Å². The van der Waals surface area contributed by atoms with Gasteiger partial charge in [-0.15, -0.1) is 0 Å². The van der Waals surface area contributed by atoms with Crippen LogP contribution in [0.3, 0.4) is 0 Å². The molecular formula is C21H26N2O3. The lowest BCUT2D eigenvalue weighted by molar-refractivity contribution is 0.0247. The third kappa shape index (κ3) is 3.77. The summed E-state index contributed by atoms with van der Waals surface area (Å²) in [4.78, 5) is 12.6. The van der Waals surface area contributed by atoms with Crippen molar-refractivity contribution in [3.8, 4) is 11.5 Å². The molecule has 0 radical (unpaired) electrons. The molecule has 0 bridgehead atoms. The number of benzene rings is 2. The number of urea groups is 1. The van der Waals surface area contributed by atoms with Gasteiger partial charge < -0.3 is 20.1 Å². The molecule has 1 atom stereocenters. The topological polar surface area (TPSA) is 59.6 Å². The first kappa shape index (κ1) is 18.1. The second kappa shape index (κ2) is 7.68. The van der Waals surface area contributed by atoms with Gasteiger partial charge in [-0.05, 0) is 31.0 Å². The zero-order valence-electron chi connectivity index (χ0n) is 15.5. The van der Waals surface area contributed by atoms with Gasteiger partial charge in [0.25, 0.3) is 0 Å². The average Bonchev–Trinajstić information content (AvgIpc) is 2.67. The van der Waals surface area contributed by atoms with E-state index in [0.717, 1.165) is 30.6 Å². The molecule has 0 fully saturated rings. The molecule has 0 unspecified atom stereocenters. The van der Waals surface area contributed by atoms with Crippen molar-refractivity contribution in [3.05, 3.63) is 54.1 Å². The molecule has 0 spiro atoms. The summed E-state index contributed by atoms with van der Waals surface area (Å²) in [5.41, 5.74) is 1.47. The van der Waals surface area contributed by atoms with E-state index in [1.165, 1.54) is 0 Å². The summed E-state index contributed by atoms with van der Waals surface area (Å²) in [6.07, 6.45) is 2.55. The molecule has 3 rings (SSSR count). The van der Waals surface area contributed by atoms with Gasteiger partial charge in [-0.3, -0.25) is 0 Å². The first-order valence-electron chi connectivity index (χ1n) is 9.08. The van der Waals surface area contributed by atoms with Crippen molar-refractivity contribution in [1.82, 2.24) is 5.32 Å². The van der Waals surface area contributed by atoms with E-state index in [0.29, 0.717) is 11.4 Å². The lowest BCUT2D eigenvalue weighted by Gasteiger charge is -2.41. The highest BCUT2D eigenvalue weighted by molar-refractivity contribution is 5.89. The summed E-state index contributed by atoms with van der Waals surface area (Å²) in [5.74, 6) is 1.56. The predicted molar refractivity (Wildman–Crippen MR) is 103 cm³/mol. The summed E-state index contributed by atoms with van der Waals surface area (Å²) in [5, 5.41) is 6.00. The molecule has 5 heteroatoms. The van der Waals surface area contributed by atoms with Gasteiger partial charge in [-0.1, -0.05) is 38.1 Å². The van der Waals surface area contributed by atoms with E-state index >= 15 is 0 Å². The highest BCUT2D eigenvalue weighted by Crippen LogP contribution is 2.42. The summed E-state index contributed by atoms with van der Waals surface area (Å²) in [6.45, 7) is 4.26. The standard InChI is InChI=1S/C21H26N2O3/c1-4-21(5-2)14-18(17-11-6-7-12-19(17)26-21)23-20(24)22-15-9-8-10-16(13-15)25-3/h6-13,18H,4-5,14H2,1-3H3,(H2,22,23,24)/t18-/m0/s1. The van der Waals surface area contributed by atoms with E-state index in [1.54, 1.807) is 13.2 Å². The van der Waals surface area contributed by atoms with Crippen LogP contribution in [0.2, 0.25) is 0 Å². The van der Waals surface area contributed by atoms with E-state index < -0.39 is 0 Å². The Labute approximate surface area is 154 Å². The smallest absolute Gasteiger partial charge is 0.319 e. The number of hydrogen-bond acceptors (Lipinski definition) is 3. The van der Waals surface area contributed by atoms with Crippen molar-refractivity contribution in [2.75, 3.05) is 12.4 Å². The van der Waals surface area contributed by atoms with E-state index in [9.17, 15) is 4.79 Å². The minimum Gasteiger partial charge on any atom is -0.497 e. The molecule has 2 aromatic rings. The summed E-state index contributed by atoms with van der Waals surface area (Å²) in [7, 11) is 1.60. The van der Waals surface area contributed by atoms with Gasteiger partial charge in [0, 0.05) is 23.7 Å². The molecule has 2 N–H and O–H groups in total. The number of fused-ring (bicyclic) bond motifs is 1. The minimum atomic E-state index is -0.248. The highest BCUT2D eigenvalue weighted by atomic mass is 16.5. The van der Waals surface area contributed by atoms with Crippen molar-refractivity contribution in [1.29, 1.82) is 0 Å². The summed E-state index contributed by atoms with van der Waals surface area (Å²) < 4.78 is 11.5. The zero-order chi connectivity index (χ0) is 18.6. The normalized spacial score (nSPS) is 17.6. The largest absolute Gasteiger partial charge is 0.497 e. The third-order valence-corrected chi connectivity index (χ3v) is 5.12. The fourth-order valence-electron chi connectivity index (χ4n) is 3.46. The average molecular weight is 354 g/mol. The van der Waals surface area contributed by atoms with Crippen LogP contribution in [0, 0.1) is 0 Å². The Morgan fingerprint density at radius 3 is 2.69 bits per heavy atom. The third-order valence-electron chi connectivity index (χ3n) is 5.12. The quantitative estimate of drug-likeness (QED) is 0.803. The van der Waals surface area contributed by atoms with Gasteiger partial charge in [0.15, 0.2) is 0 Å². The Balaban J connectivity index is 1.78. The van der Waals surface area contributed by atoms with Crippen LogP contribution in [0.1, 0.15) is 44.7 Å². The maximum atomic E-state index is 12.6. The van der Waals surface area contributed by atoms with Gasteiger partial charge in [0.05, 0.1) is 13.2 Å². The molecular weight excluding hydrogens is 328 g/mol. The molecule has 2 aromatic carbocycles. The highest BCUT2D eigenvalue weighted by Gasteiger charge is 2.38. The minimum absolute atomic E-state index is 0.0922. The lowest BCUT2D eigenvalue weighted by Crippen LogP contribution is -2.45. The second-order valence-corrected chi connectivity index (χ2v) is 6.62. The van der Waals surface area contributed by atoms with Crippen LogP contribution in [0.4, 0.5) is 10.5 Å². The van der Waals surface area contributed by atoms with Crippen molar-refractivity contribution < 1.29 is 14.3 Å². The van der Waals surface area contributed by atoms with Crippen LogP contribution in [-0.2, 0) is 0 Å². The molecule has 1 aliphatic heterocycles. The van der Waals surface area contributed by atoms with Crippen LogP contribution in [0.15, 0.2) is 48.5 Å². The summed E-state index contributed by atoms with van der Waals surface area (Å²) in [6, 6.07) is 14.9. The number of ether oxygens (including phenoxy) is 2. The SMILES string of the molecule is CCC1(CC)C[C@H](NC(=O)Nc2cccc(OC)c2)c2ccccc2O1. The maximum Gasteiger partial charge on any atom is 0.319 e. The number of methoxy groups -OCH3 is 1. The van der Waals surface area contributed by atoms with Crippen LogP contribution in [0.25, 0.3) is 0 Å². The molecule has 5 nitrogen and oxygen atoms in total. The monoisotopic (exact) mass is 354 g/mol. The number of nitrogens with one attached hydrogen (secondary N) is 2. The number of hydrogen-bond donors (Lipinski definition) is 2. The first-order valence-corrected chi connectivity index (χ1v) is 9.08. The number of anilines is 1. The van der Waals surface area contributed by atoms with Crippen molar-refractivity contribution in [2.24, 2.45) is 0 Å². The van der Waals surface area contributed by atoms with E-state index in [4.69, 9.17) is 9.47 Å². The van der Waals surface area contributed by atoms with Crippen molar-refractivity contribution >= 4 is 11.7 Å². The molecule has 0 saturated heterocycles. The fraction of sp³-hybridized carbons (Fsp3) is 0.381. The summed E-state index contributed by atoms with van der Waals surface area (Å²) >= 11 is 0. The number of carbonyl (C=O) groups is 1. The second-order valence-electron chi connectivity index (χ2n) is 6.62. The molecule has 2 amide bonds. The van der Waals surface area contributed by atoms with Crippen LogP contribution >= 0.6 is 0 Å². The van der Waals surface area contributed by atoms with Crippen LogP contribution in [0.5, 0.6) is 11.5 Å². The van der Waals surface area contributed by atoms with E-state index in [-0.39, 0.29) is 17.7 Å². The Kier molecular flexibility index (Phi) is 5.35. The van der Waals surface area contributed by atoms with Crippen molar-refractivity contribution in [3.63, 3.8) is 0 Å². The van der Waals surface area contributed by atoms with Crippen molar-refractivity contribution in [2.45, 2.75) is 44.8 Å². The lowest BCUT2D eigenvalue weighted by atomic mass is 9.83. The van der Waals surface area contributed by atoms with Crippen LogP contribution in [-0.4, -0.2) is 18.7 Å².